The molecule has 9 atom stereocenters. The third-order valence-electron chi connectivity index (χ3n) is 13.7. The molecular formula is C55H82N20O14. The lowest BCUT2D eigenvalue weighted by Gasteiger charge is -2.29. The summed E-state index contributed by atoms with van der Waals surface area (Å²) in [4.78, 5) is 174. The number of imidazole rings is 2. The van der Waals surface area contributed by atoms with Crippen molar-refractivity contribution in [3.8, 4) is 0 Å². The van der Waals surface area contributed by atoms with Crippen molar-refractivity contribution in [3.63, 3.8) is 0 Å². The summed E-state index contributed by atoms with van der Waals surface area (Å²) in [6, 6.07) is -6.64. The van der Waals surface area contributed by atoms with Gasteiger partial charge in [-0.15, -0.1) is 0 Å². The van der Waals surface area contributed by atoms with Gasteiger partial charge in [-0.1, -0.05) is 45.9 Å². The van der Waals surface area contributed by atoms with Crippen LogP contribution in [0.5, 0.6) is 0 Å². The quantitative estimate of drug-likeness (QED) is 0.0115. The molecule has 24 N–H and O–H groups in total. The molecular weight excluding hydrogens is 1160 g/mol. The molecule has 0 aliphatic heterocycles. The van der Waals surface area contributed by atoms with Crippen LogP contribution in [0.15, 0.2) is 65.5 Å². The van der Waals surface area contributed by atoms with Crippen molar-refractivity contribution in [1.29, 1.82) is 0 Å². The molecule has 0 aliphatic rings. The zero-order valence-corrected chi connectivity index (χ0v) is 49.7. The Hall–Kier alpha value is -10.2. The maximum atomic E-state index is 14.9. The van der Waals surface area contributed by atoms with Gasteiger partial charge in [-0.2, -0.15) is 0 Å². The highest BCUT2D eigenvalue weighted by Gasteiger charge is 2.37. The molecule has 486 valence electrons. The van der Waals surface area contributed by atoms with Crippen LogP contribution in [0, 0.1) is 11.8 Å². The van der Waals surface area contributed by atoms with Crippen LogP contribution >= 0.6 is 0 Å². The summed E-state index contributed by atoms with van der Waals surface area (Å²) in [6.45, 7) is 6.68. The number of benzene rings is 1. The molecule has 34 nitrogen and oxygen atoms in total. The first kappa shape index (κ1) is 71.3. The number of nitrogens with one attached hydrogen (secondary N) is 11. The number of carbonyl (C=O) groups is 11. The Morgan fingerprint density at radius 2 is 1.00 bits per heavy atom. The molecule has 89 heavy (non-hydrogen) atoms. The highest BCUT2D eigenvalue weighted by Crippen LogP contribution is 2.20. The molecule has 3 heterocycles. The van der Waals surface area contributed by atoms with Crippen LogP contribution in [-0.4, -0.2) is 185 Å². The van der Waals surface area contributed by atoms with Gasteiger partial charge >= 0.3 is 17.9 Å². The van der Waals surface area contributed by atoms with Crippen molar-refractivity contribution in [2.24, 2.45) is 50.5 Å². The van der Waals surface area contributed by atoms with Crippen LogP contribution in [0.4, 0.5) is 0 Å². The predicted octanol–water partition coefficient (Wildman–Crippen LogP) is -3.92. The number of H-pyrrole nitrogens is 3. The number of aliphatic carboxylic acids is 3. The number of carbonyl (C=O) groups excluding carboxylic acids is 8. The number of hydrogen-bond donors (Lipinski definition) is 19. The molecule has 4 rings (SSSR count). The average molecular weight is 1250 g/mol. The Bertz CT molecular complexity index is 3100. The number of nitrogens with zero attached hydrogens (tertiary/aromatic N) is 4. The largest absolute Gasteiger partial charge is 0.481 e. The van der Waals surface area contributed by atoms with Crippen LogP contribution in [0.25, 0.3) is 10.9 Å². The first-order valence-electron chi connectivity index (χ1n) is 28.6. The first-order valence-corrected chi connectivity index (χ1v) is 28.6. The highest BCUT2D eigenvalue weighted by molar-refractivity contribution is 5.99. The number of guanidine groups is 2. The van der Waals surface area contributed by atoms with Gasteiger partial charge in [0.2, 0.25) is 47.3 Å². The van der Waals surface area contributed by atoms with Gasteiger partial charge in [0.25, 0.3) is 0 Å². The molecule has 3 aromatic heterocycles. The Kier molecular flexibility index (Phi) is 28.4. The van der Waals surface area contributed by atoms with Gasteiger partial charge in [-0.05, 0) is 62.0 Å². The maximum absolute atomic E-state index is 14.9. The summed E-state index contributed by atoms with van der Waals surface area (Å²) in [5, 5.41) is 50.3. The van der Waals surface area contributed by atoms with Crippen molar-refractivity contribution in [2.75, 3.05) is 13.1 Å². The number of aliphatic imine (C=N–C) groups is 2. The summed E-state index contributed by atoms with van der Waals surface area (Å²) in [6.07, 6.45) is 4.37. The van der Waals surface area contributed by atoms with E-state index < -0.39 is 145 Å². The Balaban J connectivity index is 1.64. The normalized spacial score (nSPS) is 14.2. The van der Waals surface area contributed by atoms with E-state index in [1.807, 2.05) is 0 Å². The molecule has 0 unspecified atom stereocenters. The van der Waals surface area contributed by atoms with Crippen molar-refractivity contribution in [2.45, 2.75) is 153 Å². The third kappa shape index (κ3) is 24.6. The number of hydrogen-bond acceptors (Lipinski definition) is 16. The molecule has 0 saturated carbocycles. The van der Waals surface area contributed by atoms with Crippen molar-refractivity contribution < 1.29 is 68.1 Å². The zero-order chi connectivity index (χ0) is 65.9. The van der Waals surface area contributed by atoms with E-state index in [9.17, 15) is 68.1 Å². The number of amides is 8. The number of aromatic amines is 3. The molecule has 0 bridgehead atoms. The maximum Gasteiger partial charge on any atom is 0.326 e. The van der Waals surface area contributed by atoms with Gasteiger partial charge in [-0.3, -0.25) is 57.9 Å². The monoisotopic (exact) mass is 1250 g/mol. The van der Waals surface area contributed by atoms with Crippen LogP contribution in [0.2, 0.25) is 0 Å². The van der Waals surface area contributed by atoms with Gasteiger partial charge in [0.05, 0.1) is 25.1 Å². The smallest absolute Gasteiger partial charge is 0.326 e. The van der Waals surface area contributed by atoms with Gasteiger partial charge in [-0.25, -0.2) is 14.8 Å². The summed E-state index contributed by atoms with van der Waals surface area (Å²) >= 11 is 0. The number of carboxylic acids is 3. The Morgan fingerprint density at radius 1 is 0.528 bits per heavy atom. The zero-order valence-electron chi connectivity index (χ0n) is 49.7. The van der Waals surface area contributed by atoms with Crippen LogP contribution in [0.1, 0.15) is 96.0 Å². The van der Waals surface area contributed by atoms with E-state index >= 15 is 0 Å². The van der Waals surface area contributed by atoms with Crippen LogP contribution in [-0.2, 0) is 72.0 Å². The summed E-state index contributed by atoms with van der Waals surface area (Å²) in [5.41, 5.74) is 29.6. The van der Waals surface area contributed by atoms with E-state index in [4.69, 9.17) is 28.7 Å². The second kappa shape index (κ2) is 35.5. The topological polar surface area (TPSA) is 573 Å². The van der Waals surface area contributed by atoms with E-state index in [0.717, 1.165) is 0 Å². The van der Waals surface area contributed by atoms with E-state index in [1.165, 1.54) is 38.9 Å². The number of aromatic nitrogens is 5. The lowest BCUT2D eigenvalue weighted by molar-refractivity contribution is -0.142. The Morgan fingerprint density at radius 3 is 1.54 bits per heavy atom. The average Bonchev–Trinajstić information content (AvgIpc) is 2.24. The molecule has 8 amide bonds. The molecule has 0 fully saturated rings. The fourth-order valence-corrected chi connectivity index (χ4v) is 9.11. The van der Waals surface area contributed by atoms with E-state index in [1.54, 1.807) is 44.3 Å². The van der Waals surface area contributed by atoms with Crippen molar-refractivity contribution in [1.82, 2.24) is 67.5 Å². The standard InChI is InChI=1S/C55H82N20O14/c1-27(2)17-37(48(83)69-35(12-8-16-64-55(59)60)46(81)74-41(53(88)89)20-31-24-62-26-67-31)70-49(84)38(18-29-22-65-34-11-6-5-9-32(29)34)71-50(85)39(19-30-23-61-25-66-30)72-51(86)40(21-43(78)79)73-52(87)44(28(3)4)75-47(82)36(13-14-42(76)77)68-45(80)33(56)10-7-15-63-54(57)58/h5-6,9,11,22-28,33,35-41,44,65H,7-8,10,12-21,56H2,1-4H3,(H,61,66)(H,62,67)(H,68,80)(H,69,83)(H,70,84)(H,71,85)(H,72,86)(H,73,87)(H,74,81)(H,75,82)(H,76,77)(H,78,79)(H,88,89)(H4,57,58,63)(H4,59,60,64)/t33-,35-,36-,37-,38-,39-,40-,41-,44-/m0/s1. The number of carboxylic acid groups (broad SMARTS) is 3. The first-order chi connectivity index (χ1) is 42.1. The molecule has 34 heteroatoms. The molecule has 4 aromatic rings. The SMILES string of the molecule is CC(C)C[C@H](NC(=O)[C@H](Cc1c[nH]c2ccccc12)NC(=O)[C@H](Cc1cnc[nH]1)NC(=O)[C@H](CC(=O)O)NC(=O)[C@@H](NC(=O)[C@H](CCC(=O)O)NC(=O)[C@@H](N)CCCN=C(N)N)C(C)C)C(=O)N[C@@H](CCCN=C(N)N)C(=O)N[C@@H](Cc1cnc[nH]1)C(=O)O. The highest BCUT2D eigenvalue weighted by atomic mass is 16.4. The fraction of sp³-hybridized carbons (Fsp3) is 0.509. The minimum Gasteiger partial charge on any atom is -0.481 e. The lowest BCUT2D eigenvalue weighted by Crippen LogP contribution is -2.61. The molecule has 1 aromatic carbocycles. The molecule has 0 radical (unpaired) electrons. The number of para-hydroxylation sites is 1. The predicted molar refractivity (Wildman–Crippen MR) is 321 cm³/mol. The van der Waals surface area contributed by atoms with Crippen LogP contribution < -0.4 is 71.2 Å². The van der Waals surface area contributed by atoms with Crippen LogP contribution in [0.3, 0.4) is 0 Å². The lowest BCUT2D eigenvalue weighted by atomic mass is 9.99. The minimum atomic E-state index is -1.95. The number of rotatable bonds is 39. The third-order valence-corrected chi connectivity index (χ3v) is 13.7. The van der Waals surface area contributed by atoms with E-state index in [2.05, 4.69) is 77.4 Å². The van der Waals surface area contributed by atoms with Gasteiger partial charge in [0, 0.05) is 79.7 Å². The van der Waals surface area contributed by atoms with E-state index in [-0.39, 0.29) is 88.0 Å². The second-order valence-electron chi connectivity index (χ2n) is 21.8. The molecule has 0 aliphatic carbocycles. The van der Waals surface area contributed by atoms with Gasteiger partial charge in [0.1, 0.15) is 48.3 Å². The summed E-state index contributed by atoms with van der Waals surface area (Å²) < 4.78 is 0. The van der Waals surface area contributed by atoms with Gasteiger partial charge < -0.3 is 101 Å². The molecule has 0 spiro atoms. The number of nitrogens with two attached hydrogens (primary N) is 5. The fourth-order valence-electron chi connectivity index (χ4n) is 9.11. The summed E-state index contributed by atoms with van der Waals surface area (Å²) in [5.74, 6) is -13.6. The summed E-state index contributed by atoms with van der Waals surface area (Å²) in [7, 11) is 0. The Labute approximate surface area is 510 Å². The van der Waals surface area contributed by atoms with Crippen molar-refractivity contribution in [3.05, 3.63) is 72.5 Å². The second-order valence-corrected chi connectivity index (χ2v) is 21.8. The van der Waals surface area contributed by atoms with Crippen molar-refractivity contribution >= 4 is 88.0 Å². The minimum absolute atomic E-state index is 0.0258. The van der Waals surface area contributed by atoms with E-state index in [0.29, 0.717) is 22.2 Å². The number of fused-ring (bicyclic) bond motifs is 1. The van der Waals surface area contributed by atoms with Gasteiger partial charge in [0.15, 0.2) is 11.9 Å². The molecule has 0 saturated heterocycles.